The minimum Gasteiger partial charge on any atom is -0.495 e. The number of carbonyl (C=O) groups excluding carboxylic acids is 2. The van der Waals surface area contributed by atoms with E-state index in [4.69, 9.17) is 23.7 Å². The number of unbranched alkanes of at least 4 members (excludes halogenated alkanes) is 2. The van der Waals surface area contributed by atoms with Crippen LogP contribution >= 0.6 is 22.7 Å². The van der Waals surface area contributed by atoms with Gasteiger partial charge in [-0.05, 0) is 85.0 Å². The van der Waals surface area contributed by atoms with Crippen LogP contribution in [0.3, 0.4) is 0 Å². The van der Waals surface area contributed by atoms with Crippen molar-refractivity contribution in [3.63, 3.8) is 0 Å². The van der Waals surface area contributed by atoms with E-state index in [-0.39, 0.29) is 47.1 Å². The SMILES string of the molecule is CCCCOc1c(C(=O)OCC)c2sccc2n(Cc2cnn(Cc3ccc(C#N)c(OC)c3)c2)c1=O.CCCCOc1c(C(C)=O)c2sccc2n(Cc2cnn(Cc3ccc(C#N)c(OC)c3)c2)c1=O. The van der Waals surface area contributed by atoms with Crippen LogP contribution in [0, 0.1) is 22.7 Å². The summed E-state index contributed by atoms with van der Waals surface area (Å²) in [6.45, 7) is 9.70. The van der Waals surface area contributed by atoms with Gasteiger partial charge in [0.1, 0.15) is 29.2 Å². The largest absolute Gasteiger partial charge is 0.495 e. The summed E-state index contributed by atoms with van der Waals surface area (Å²) < 4.78 is 35.8. The maximum atomic E-state index is 13.6. The molecule has 72 heavy (non-hydrogen) atoms. The van der Waals surface area contributed by atoms with Crippen LogP contribution in [0.4, 0.5) is 0 Å². The van der Waals surface area contributed by atoms with Crippen molar-refractivity contribution >= 4 is 54.9 Å². The molecule has 0 saturated carbocycles. The molecule has 8 aromatic rings. The van der Waals surface area contributed by atoms with Gasteiger partial charge >= 0.3 is 5.97 Å². The van der Waals surface area contributed by atoms with E-state index in [0.717, 1.165) is 52.6 Å². The number of rotatable bonds is 21. The lowest BCUT2D eigenvalue weighted by molar-refractivity contribution is 0.0523. The van der Waals surface area contributed by atoms with Crippen molar-refractivity contribution in [1.29, 1.82) is 10.5 Å². The number of ketones is 1. The van der Waals surface area contributed by atoms with Crippen molar-refractivity contribution in [3.05, 3.63) is 149 Å². The molecule has 0 bridgehead atoms. The molecule has 0 N–H and O–H groups in total. The van der Waals surface area contributed by atoms with Gasteiger partial charge in [0.05, 0.1) is 110 Å². The minimum absolute atomic E-state index is 0.0268. The number of Topliss-reactive ketones (excluding diaryl/α,β-unsaturated/α-hetero) is 1. The van der Waals surface area contributed by atoms with Crippen LogP contribution in [0.15, 0.2) is 93.7 Å². The first-order chi connectivity index (χ1) is 35.0. The van der Waals surface area contributed by atoms with Gasteiger partial charge in [-0.15, -0.1) is 22.7 Å². The molecule has 0 aliphatic heterocycles. The predicted molar refractivity (Wildman–Crippen MR) is 275 cm³/mol. The highest BCUT2D eigenvalue weighted by molar-refractivity contribution is 7.18. The van der Waals surface area contributed by atoms with Gasteiger partial charge in [-0.25, -0.2) is 4.79 Å². The molecule has 0 aliphatic rings. The first kappa shape index (κ1) is 51.8. The molecule has 17 nitrogen and oxygen atoms in total. The molecule has 0 radical (unpaired) electrons. The van der Waals surface area contributed by atoms with E-state index < -0.39 is 5.97 Å². The number of benzene rings is 2. The highest BCUT2D eigenvalue weighted by atomic mass is 32.1. The second-order valence-corrected chi connectivity index (χ2v) is 18.4. The first-order valence-electron chi connectivity index (χ1n) is 23.3. The lowest BCUT2D eigenvalue weighted by Crippen LogP contribution is -2.26. The van der Waals surface area contributed by atoms with E-state index in [1.54, 1.807) is 49.9 Å². The van der Waals surface area contributed by atoms with Gasteiger partial charge in [-0.2, -0.15) is 20.7 Å². The van der Waals surface area contributed by atoms with Crippen LogP contribution in [-0.4, -0.2) is 74.5 Å². The number of aromatic nitrogens is 6. The summed E-state index contributed by atoms with van der Waals surface area (Å²) in [4.78, 5) is 52.3. The summed E-state index contributed by atoms with van der Waals surface area (Å²) in [6, 6.07) is 18.7. The van der Waals surface area contributed by atoms with Gasteiger partial charge in [-0.3, -0.25) is 32.9 Å². The number of pyridine rings is 2. The third-order valence-electron chi connectivity index (χ3n) is 11.5. The predicted octanol–water partition coefficient (Wildman–Crippen LogP) is 9.21. The Morgan fingerprint density at radius 1 is 0.639 bits per heavy atom. The van der Waals surface area contributed by atoms with Crippen LogP contribution in [0.5, 0.6) is 23.0 Å². The summed E-state index contributed by atoms with van der Waals surface area (Å²) in [5.74, 6) is 0.438. The molecule has 8 rings (SSSR count). The van der Waals surface area contributed by atoms with Crippen molar-refractivity contribution in [2.24, 2.45) is 0 Å². The highest BCUT2D eigenvalue weighted by Gasteiger charge is 2.26. The number of thiophene rings is 2. The fourth-order valence-electron chi connectivity index (χ4n) is 7.96. The molecule has 0 atom stereocenters. The zero-order chi connectivity index (χ0) is 51.3. The van der Waals surface area contributed by atoms with Crippen LogP contribution in [-0.2, 0) is 30.9 Å². The van der Waals surface area contributed by atoms with E-state index in [1.165, 1.54) is 43.8 Å². The summed E-state index contributed by atoms with van der Waals surface area (Å²) in [5, 5.41) is 31.0. The second-order valence-electron chi connectivity index (χ2n) is 16.5. The van der Waals surface area contributed by atoms with Crippen LogP contribution in [0.1, 0.15) is 107 Å². The van der Waals surface area contributed by atoms with Crippen molar-refractivity contribution in [2.75, 3.05) is 34.0 Å². The third-order valence-corrected chi connectivity index (χ3v) is 13.3. The van der Waals surface area contributed by atoms with Crippen LogP contribution < -0.4 is 30.1 Å². The average molecular weight is 1010 g/mol. The molecule has 19 heteroatoms. The lowest BCUT2D eigenvalue weighted by Gasteiger charge is -2.15. The Bertz CT molecular complexity index is 3440. The molecule has 0 fully saturated rings. The van der Waals surface area contributed by atoms with Crippen molar-refractivity contribution in [3.8, 4) is 35.1 Å². The summed E-state index contributed by atoms with van der Waals surface area (Å²) in [7, 11) is 3.06. The maximum Gasteiger partial charge on any atom is 0.343 e. The van der Waals surface area contributed by atoms with Crippen LogP contribution in [0.2, 0.25) is 0 Å². The number of nitrogens with zero attached hydrogens (tertiary/aromatic N) is 8. The monoisotopic (exact) mass is 1010 g/mol. The number of methoxy groups -OCH3 is 2. The zero-order valence-corrected chi connectivity index (χ0v) is 42.6. The quantitative estimate of drug-likeness (QED) is 0.0374. The minimum atomic E-state index is -0.559. The Hall–Kier alpha value is -8.00. The maximum absolute atomic E-state index is 13.6. The van der Waals surface area contributed by atoms with E-state index in [9.17, 15) is 29.7 Å². The van der Waals surface area contributed by atoms with E-state index >= 15 is 0 Å². The molecular formula is C53H54N8O9S2. The molecule has 2 aromatic carbocycles. The van der Waals surface area contributed by atoms with Gasteiger partial charge < -0.3 is 23.7 Å². The number of hydrogen-bond acceptors (Lipinski definition) is 15. The number of hydrogen-bond donors (Lipinski definition) is 0. The third kappa shape index (κ3) is 11.6. The number of fused-ring (bicyclic) bond motifs is 2. The fourth-order valence-corrected chi connectivity index (χ4v) is 9.87. The van der Waals surface area contributed by atoms with Crippen molar-refractivity contribution in [2.45, 2.75) is 79.6 Å². The topological polar surface area (TPSA) is 208 Å². The molecule has 0 spiro atoms. The molecule has 0 saturated heterocycles. The Kier molecular flexibility index (Phi) is 17.4. The summed E-state index contributed by atoms with van der Waals surface area (Å²) in [6.07, 6.45) is 10.6. The molecule has 0 unspecified atom stereocenters. The Labute approximate surface area is 423 Å². The Morgan fingerprint density at radius 3 is 1.51 bits per heavy atom. The number of nitriles is 2. The van der Waals surface area contributed by atoms with Gasteiger partial charge in [-0.1, -0.05) is 38.8 Å². The standard InChI is InChI=1S/C27H28N4O5S.C26H26N4O4S/c1-4-6-10-36-24-23(27(33)35-5-2)25-21(9-11-37-25)31(26(24)32)17-19-14-29-30(16-19)15-18-7-8-20(13-28)22(12-18)34-3;1-4-5-9-34-24-23(17(2)31)25-21(8-10-35-25)30(26(24)32)16-19-13-28-29(15-19)14-18-6-7-20(12-27)22(11-18)33-3/h7-9,11-12,14,16H,4-6,10,15,17H2,1-3H3;6-8,10-11,13,15H,4-5,9,14,16H2,1-3H3. The molecule has 6 aromatic heterocycles. The summed E-state index contributed by atoms with van der Waals surface area (Å²) >= 11 is 2.80. The van der Waals surface area contributed by atoms with E-state index in [1.807, 2.05) is 73.4 Å². The summed E-state index contributed by atoms with van der Waals surface area (Å²) in [5.41, 5.74) is 5.66. The second kappa shape index (κ2) is 24.2. The Balaban J connectivity index is 0.000000212. The zero-order valence-electron chi connectivity index (χ0n) is 40.9. The van der Waals surface area contributed by atoms with Crippen LogP contribution in [0.25, 0.3) is 20.4 Å². The number of esters is 1. The molecular weight excluding hydrogens is 957 g/mol. The number of ether oxygens (including phenoxy) is 5. The van der Waals surface area contributed by atoms with Gasteiger partial charge in [0.2, 0.25) is 5.75 Å². The molecule has 0 aliphatic carbocycles. The fraction of sp³-hybridized carbons (Fsp3) is 0.321. The van der Waals surface area contributed by atoms with Gasteiger partial charge in [0, 0.05) is 23.5 Å². The Morgan fingerprint density at radius 2 is 1.10 bits per heavy atom. The van der Waals surface area contributed by atoms with E-state index in [2.05, 4.69) is 22.3 Å². The molecule has 0 amide bonds. The van der Waals surface area contributed by atoms with Gasteiger partial charge in [0.25, 0.3) is 11.1 Å². The lowest BCUT2D eigenvalue weighted by atomic mass is 10.1. The number of carbonyl (C=O) groups is 2. The highest BCUT2D eigenvalue weighted by Crippen LogP contribution is 2.33. The normalized spacial score (nSPS) is 10.9. The van der Waals surface area contributed by atoms with Gasteiger partial charge in [0.15, 0.2) is 11.5 Å². The molecule has 372 valence electrons. The average Bonchev–Trinajstić information content (AvgIpc) is 4.23. The first-order valence-corrected chi connectivity index (χ1v) is 25.1. The van der Waals surface area contributed by atoms with Crippen molar-refractivity contribution in [1.82, 2.24) is 28.7 Å². The smallest absolute Gasteiger partial charge is 0.343 e. The van der Waals surface area contributed by atoms with Crippen molar-refractivity contribution < 1.29 is 33.3 Å². The molecule has 6 heterocycles. The van der Waals surface area contributed by atoms with E-state index in [0.29, 0.717) is 76.8 Å².